The number of anilines is 1. The highest BCUT2D eigenvalue weighted by atomic mass is 35.5. The van der Waals surface area contributed by atoms with Crippen LogP contribution in [0.3, 0.4) is 0 Å². The van der Waals surface area contributed by atoms with E-state index in [0.29, 0.717) is 15.0 Å². The van der Waals surface area contributed by atoms with Crippen LogP contribution in [0.5, 0.6) is 0 Å². The first-order valence-electron chi connectivity index (χ1n) is 4.93. The molecule has 2 aromatic rings. The van der Waals surface area contributed by atoms with Gasteiger partial charge in [0.25, 0.3) is 10.0 Å². The Bertz CT molecular complexity index is 680. The average Bonchev–Trinajstić information content (AvgIpc) is 2.71. The summed E-state index contributed by atoms with van der Waals surface area (Å²) in [6.07, 6.45) is 0. The molecule has 0 aliphatic rings. The SMILES string of the molecule is Cc1cc(NS(=O)(=O)c2ccc(Cl)s2)ccc1Cl. The van der Waals surface area contributed by atoms with Crippen molar-refractivity contribution in [2.45, 2.75) is 11.1 Å². The van der Waals surface area contributed by atoms with Crippen LogP contribution in [-0.4, -0.2) is 8.42 Å². The van der Waals surface area contributed by atoms with Crippen LogP contribution in [0.15, 0.2) is 34.5 Å². The first-order valence-corrected chi connectivity index (χ1v) is 7.98. The van der Waals surface area contributed by atoms with Crippen molar-refractivity contribution >= 4 is 50.2 Å². The largest absolute Gasteiger partial charge is 0.279 e. The molecule has 1 aromatic heterocycles. The Kier molecular flexibility index (Phi) is 3.87. The highest BCUT2D eigenvalue weighted by Crippen LogP contribution is 2.28. The van der Waals surface area contributed by atoms with Crippen molar-refractivity contribution in [3.05, 3.63) is 45.3 Å². The third kappa shape index (κ3) is 2.98. The monoisotopic (exact) mass is 321 g/mol. The molecule has 0 spiro atoms. The third-order valence-electron chi connectivity index (χ3n) is 2.22. The maximum absolute atomic E-state index is 12.0. The number of benzene rings is 1. The quantitative estimate of drug-likeness (QED) is 0.922. The van der Waals surface area contributed by atoms with Crippen LogP contribution in [0.2, 0.25) is 9.36 Å². The molecule has 0 amide bonds. The summed E-state index contributed by atoms with van der Waals surface area (Å²) in [5, 5.41) is 0.595. The Labute approximate surface area is 119 Å². The van der Waals surface area contributed by atoms with Crippen molar-refractivity contribution in [2.75, 3.05) is 4.72 Å². The zero-order valence-electron chi connectivity index (χ0n) is 9.28. The van der Waals surface area contributed by atoms with E-state index in [1.807, 2.05) is 6.92 Å². The molecule has 0 atom stereocenters. The molecular formula is C11H9Cl2NO2S2. The molecule has 0 bridgehead atoms. The lowest BCUT2D eigenvalue weighted by atomic mass is 10.2. The number of sulfonamides is 1. The van der Waals surface area contributed by atoms with E-state index in [1.165, 1.54) is 6.07 Å². The second-order valence-electron chi connectivity index (χ2n) is 3.63. The summed E-state index contributed by atoms with van der Waals surface area (Å²) in [5.41, 5.74) is 1.28. The Morgan fingerprint density at radius 1 is 1.17 bits per heavy atom. The maximum atomic E-state index is 12.0. The predicted octanol–water partition coefficient (Wildman–Crippen LogP) is 4.16. The highest BCUT2D eigenvalue weighted by Gasteiger charge is 2.16. The second-order valence-corrected chi connectivity index (χ2v) is 7.66. The number of halogens is 2. The lowest BCUT2D eigenvalue weighted by Gasteiger charge is -2.07. The summed E-state index contributed by atoms with van der Waals surface area (Å²) >= 11 is 12.6. The topological polar surface area (TPSA) is 46.2 Å². The highest BCUT2D eigenvalue weighted by molar-refractivity contribution is 7.94. The predicted molar refractivity (Wildman–Crippen MR) is 76.3 cm³/mol. The molecule has 0 radical (unpaired) electrons. The van der Waals surface area contributed by atoms with Crippen LogP contribution in [0.1, 0.15) is 5.56 Å². The molecule has 1 aromatic carbocycles. The van der Waals surface area contributed by atoms with Gasteiger partial charge in [-0.25, -0.2) is 8.42 Å². The first-order chi connectivity index (χ1) is 8.38. The average molecular weight is 322 g/mol. The van der Waals surface area contributed by atoms with E-state index in [2.05, 4.69) is 4.72 Å². The Morgan fingerprint density at radius 3 is 2.44 bits per heavy atom. The normalized spacial score (nSPS) is 11.5. The number of thiophene rings is 1. The number of hydrogen-bond donors (Lipinski definition) is 1. The first kappa shape index (κ1) is 13.7. The molecular weight excluding hydrogens is 313 g/mol. The van der Waals surface area contributed by atoms with Crippen LogP contribution < -0.4 is 4.72 Å². The van der Waals surface area contributed by atoms with Gasteiger partial charge < -0.3 is 0 Å². The minimum Gasteiger partial charge on any atom is -0.279 e. The smallest absolute Gasteiger partial charge is 0.271 e. The van der Waals surface area contributed by atoms with Gasteiger partial charge in [-0.3, -0.25) is 4.72 Å². The summed E-state index contributed by atoms with van der Waals surface area (Å²) < 4.78 is 27.1. The molecule has 96 valence electrons. The van der Waals surface area contributed by atoms with Crippen LogP contribution in [0.25, 0.3) is 0 Å². The van der Waals surface area contributed by atoms with Crippen molar-refractivity contribution in [2.24, 2.45) is 0 Å². The molecule has 2 rings (SSSR count). The van der Waals surface area contributed by atoms with E-state index in [0.717, 1.165) is 16.9 Å². The Hall–Kier alpha value is -0.750. The maximum Gasteiger partial charge on any atom is 0.271 e. The zero-order chi connectivity index (χ0) is 13.3. The van der Waals surface area contributed by atoms with Gasteiger partial charge in [0.05, 0.1) is 4.34 Å². The van der Waals surface area contributed by atoms with Crippen LogP contribution >= 0.6 is 34.5 Å². The van der Waals surface area contributed by atoms with Crippen LogP contribution in [0, 0.1) is 6.92 Å². The van der Waals surface area contributed by atoms with E-state index >= 15 is 0 Å². The number of rotatable bonds is 3. The van der Waals surface area contributed by atoms with Crippen molar-refractivity contribution in [1.29, 1.82) is 0 Å². The van der Waals surface area contributed by atoms with Gasteiger partial charge in [-0.15, -0.1) is 11.3 Å². The van der Waals surface area contributed by atoms with Gasteiger partial charge in [0.15, 0.2) is 0 Å². The fourth-order valence-corrected chi connectivity index (χ4v) is 4.01. The summed E-state index contributed by atoms with van der Waals surface area (Å²) in [6, 6.07) is 7.96. The molecule has 0 aliphatic heterocycles. The van der Waals surface area contributed by atoms with Gasteiger partial charge in [0, 0.05) is 10.7 Å². The van der Waals surface area contributed by atoms with Crippen molar-refractivity contribution in [3.8, 4) is 0 Å². The van der Waals surface area contributed by atoms with E-state index in [1.54, 1.807) is 24.3 Å². The minimum absolute atomic E-state index is 0.181. The summed E-state index contributed by atoms with van der Waals surface area (Å²) in [5.74, 6) is 0. The van der Waals surface area contributed by atoms with Crippen molar-refractivity contribution < 1.29 is 8.42 Å². The van der Waals surface area contributed by atoms with Gasteiger partial charge in [-0.2, -0.15) is 0 Å². The number of hydrogen-bond acceptors (Lipinski definition) is 3. The molecule has 0 aliphatic carbocycles. The molecule has 1 heterocycles. The van der Waals surface area contributed by atoms with E-state index in [4.69, 9.17) is 23.2 Å². The van der Waals surface area contributed by atoms with Crippen LogP contribution in [0.4, 0.5) is 5.69 Å². The van der Waals surface area contributed by atoms with Gasteiger partial charge >= 0.3 is 0 Å². The van der Waals surface area contributed by atoms with Crippen LogP contribution in [-0.2, 0) is 10.0 Å². The van der Waals surface area contributed by atoms with E-state index in [-0.39, 0.29) is 4.21 Å². The lowest BCUT2D eigenvalue weighted by molar-refractivity contribution is 0.603. The zero-order valence-corrected chi connectivity index (χ0v) is 12.4. The van der Waals surface area contributed by atoms with Crippen molar-refractivity contribution in [1.82, 2.24) is 0 Å². The summed E-state index contributed by atoms with van der Waals surface area (Å²) in [7, 11) is -3.58. The van der Waals surface area contributed by atoms with Gasteiger partial charge in [0.1, 0.15) is 4.21 Å². The van der Waals surface area contributed by atoms with E-state index in [9.17, 15) is 8.42 Å². The summed E-state index contributed by atoms with van der Waals surface area (Å²) in [6.45, 7) is 1.81. The Morgan fingerprint density at radius 2 is 1.89 bits per heavy atom. The third-order valence-corrected chi connectivity index (χ3v) is 5.75. The molecule has 1 N–H and O–H groups in total. The van der Waals surface area contributed by atoms with Gasteiger partial charge in [-0.05, 0) is 42.8 Å². The fourth-order valence-electron chi connectivity index (χ4n) is 1.36. The molecule has 0 fully saturated rings. The van der Waals surface area contributed by atoms with E-state index < -0.39 is 10.0 Å². The van der Waals surface area contributed by atoms with Crippen molar-refractivity contribution in [3.63, 3.8) is 0 Å². The Balaban J connectivity index is 2.30. The molecule has 18 heavy (non-hydrogen) atoms. The molecule has 7 heteroatoms. The lowest BCUT2D eigenvalue weighted by Crippen LogP contribution is -2.11. The molecule has 0 unspecified atom stereocenters. The second kappa shape index (κ2) is 5.09. The van der Waals surface area contributed by atoms with Gasteiger partial charge in [0.2, 0.25) is 0 Å². The molecule has 0 saturated heterocycles. The molecule has 0 saturated carbocycles. The minimum atomic E-state index is -3.58. The number of aryl methyl sites for hydroxylation is 1. The van der Waals surface area contributed by atoms with Gasteiger partial charge in [-0.1, -0.05) is 23.2 Å². The number of nitrogens with one attached hydrogen (secondary N) is 1. The standard InChI is InChI=1S/C11H9Cl2NO2S2/c1-7-6-8(2-3-9(7)12)14-18(15,16)11-5-4-10(13)17-11/h2-6,14H,1H3. The summed E-state index contributed by atoms with van der Waals surface area (Å²) in [4.78, 5) is 0. The fraction of sp³-hybridized carbons (Fsp3) is 0.0909. The molecule has 3 nitrogen and oxygen atoms in total.